The number of rotatable bonds is 3. The fourth-order valence-electron chi connectivity index (χ4n) is 3.63. The van der Waals surface area contributed by atoms with Crippen LogP contribution in [0.25, 0.3) is 10.9 Å². The van der Waals surface area contributed by atoms with Crippen LogP contribution in [-0.2, 0) is 6.54 Å². The van der Waals surface area contributed by atoms with Crippen molar-refractivity contribution in [2.45, 2.75) is 6.54 Å². The third kappa shape index (κ3) is 3.57. The van der Waals surface area contributed by atoms with Crippen LogP contribution in [0.2, 0.25) is 5.02 Å². The van der Waals surface area contributed by atoms with Crippen LogP contribution < -0.4 is 16.1 Å². The zero-order valence-corrected chi connectivity index (χ0v) is 16.4. The number of anilines is 2. The summed E-state index contributed by atoms with van der Waals surface area (Å²) >= 11 is 5.97. The maximum absolute atomic E-state index is 14.9. The van der Waals surface area contributed by atoms with Crippen LogP contribution >= 0.6 is 11.6 Å². The largest absolute Gasteiger partial charge is 0.394 e. The maximum Gasteiger partial charge on any atom is 0.212 e. The fraction of sp³-hybridized carbons (Fsp3) is 0.286. The van der Waals surface area contributed by atoms with Gasteiger partial charge in [-0.2, -0.15) is 0 Å². The van der Waals surface area contributed by atoms with E-state index in [0.29, 0.717) is 28.2 Å². The van der Waals surface area contributed by atoms with Gasteiger partial charge in [0.2, 0.25) is 5.43 Å². The number of fused-ring (bicyclic) bond motifs is 1. The van der Waals surface area contributed by atoms with Crippen LogP contribution in [0.3, 0.4) is 0 Å². The molecule has 1 aromatic heterocycles. The van der Waals surface area contributed by atoms with E-state index in [-0.39, 0.29) is 11.1 Å². The van der Waals surface area contributed by atoms with Crippen molar-refractivity contribution >= 4 is 33.9 Å². The molecular formula is C21H22ClFN4O. The standard InChI is InChI=1S/C21H22ClFN4O/c1-25-6-8-26(9-7-25)20-11-19-16(10-17(20)23)21(28)18(24)13-27(19)12-14-2-4-15(22)5-3-14/h2-5,10-11,13H,6-9,12,24H2,1H3. The van der Waals surface area contributed by atoms with Gasteiger partial charge in [-0.25, -0.2) is 4.39 Å². The highest BCUT2D eigenvalue weighted by Gasteiger charge is 2.20. The summed E-state index contributed by atoms with van der Waals surface area (Å²) in [5.41, 5.74) is 7.89. The number of aromatic nitrogens is 1. The first-order valence-corrected chi connectivity index (χ1v) is 9.60. The molecule has 3 aromatic rings. The molecule has 28 heavy (non-hydrogen) atoms. The molecule has 0 unspecified atom stereocenters. The average molecular weight is 401 g/mol. The van der Waals surface area contributed by atoms with Crippen LogP contribution in [0.5, 0.6) is 0 Å². The van der Waals surface area contributed by atoms with Crippen molar-refractivity contribution in [3.05, 3.63) is 69.2 Å². The van der Waals surface area contributed by atoms with E-state index in [4.69, 9.17) is 17.3 Å². The van der Waals surface area contributed by atoms with Gasteiger partial charge in [-0.3, -0.25) is 4.79 Å². The lowest BCUT2D eigenvalue weighted by atomic mass is 10.1. The molecule has 1 saturated heterocycles. The van der Waals surface area contributed by atoms with Gasteiger partial charge in [0, 0.05) is 43.9 Å². The van der Waals surface area contributed by atoms with E-state index in [0.717, 1.165) is 31.7 Å². The lowest BCUT2D eigenvalue weighted by molar-refractivity contribution is 0.312. The van der Waals surface area contributed by atoms with E-state index in [1.807, 2.05) is 33.7 Å². The number of likely N-dealkylation sites (N-methyl/N-ethyl adjacent to an activating group) is 1. The van der Waals surface area contributed by atoms with Gasteiger partial charge in [-0.15, -0.1) is 0 Å². The first-order chi connectivity index (χ1) is 13.4. The minimum atomic E-state index is -0.391. The molecule has 2 heterocycles. The van der Waals surface area contributed by atoms with Gasteiger partial charge >= 0.3 is 0 Å². The van der Waals surface area contributed by atoms with Crippen molar-refractivity contribution in [3.8, 4) is 0 Å². The molecule has 0 bridgehead atoms. The molecule has 5 nitrogen and oxygen atoms in total. The van der Waals surface area contributed by atoms with Crippen molar-refractivity contribution in [3.63, 3.8) is 0 Å². The Morgan fingerprint density at radius 2 is 1.79 bits per heavy atom. The number of pyridine rings is 1. The second-order valence-corrected chi connectivity index (χ2v) is 7.72. The lowest BCUT2D eigenvalue weighted by Gasteiger charge is -2.34. The molecule has 0 radical (unpaired) electrons. The molecule has 7 heteroatoms. The van der Waals surface area contributed by atoms with Gasteiger partial charge in [-0.1, -0.05) is 23.7 Å². The van der Waals surface area contributed by atoms with Crippen molar-refractivity contribution in [1.82, 2.24) is 9.47 Å². The molecule has 0 aliphatic carbocycles. The molecule has 4 rings (SSSR count). The number of hydrogen-bond donors (Lipinski definition) is 1. The smallest absolute Gasteiger partial charge is 0.212 e. The van der Waals surface area contributed by atoms with Crippen LogP contribution in [0, 0.1) is 5.82 Å². The minimum absolute atomic E-state index is 0.105. The highest BCUT2D eigenvalue weighted by molar-refractivity contribution is 6.30. The van der Waals surface area contributed by atoms with E-state index < -0.39 is 5.82 Å². The van der Waals surface area contributed by atoms with E-state index in [2.05, 4.69) is 11.9 Å². The predicted octanol–water partition coefficient (Wildman–Crippen LogP) is 3.18. The van der Waals surface area contributed by atoms with Gasteiger partial charge in [0.1, 0.15) is 5.82 Å². The van der Waals surface area contributed by atoms with E-state index in [1.165, 1.54) is 6.07 Å². The number of benzene rings is 2. The van der Waals surface area contributed by atoms with Crippen LogP contribution in [0.1, 0.15) is 5.56 Å². The maximum atomic E-state index is 14.9. The fourth-order valence-corrected chi connectivity index (χ4v) is 3.75. The number of nitrogens with two attached hydrogens (primary N) is 1. The van der Waals surface area contributed by atoms with Crippen LogP contribution in [-0.4, -0.2) is 42.7 Å². The first kappa shape index (κ1) is 18.8. The summed E-state index contributed by atoms with van der Waals surface area (Å²) in [6, 6.07) is 10.6. The molecule has 0 spiro atoms. The normalized spacial score (nSPS) is 15.3. The molecule has 2 N–H and O–H groups in total. The molecule has 0 amide bonds. The molecule has 146 valence electrons. The third-order valence-corrected chi connectivity index (χ3v) is 5.54. The second kappa shape index (κ2) is 7.45. The number of piperazine rings is 1. The molecule has 2 aromatic carbocycles. The Morgan fingerprint density at radius 1 is 1.11 bits per heavy atom. The van der Waals surface area contributed by atoms with Gasteiger partial charge in [0.25, 0.3) is 0 Å². The van der Waals surface area contributed by atoms with E-state index in [9.17, 15) is 9.18 Å². The highest BCUT2D eigenvalue weighted by atomic mass is 35.5. The van der Waals surface area contributed by atoms with Crippen molar-refractivity contribution in [1.29, 1.82) is 0 Å². The Labute approximate surface area is 167 Å². The molecule has 1 aliphatic heterocycles. The van der Waals surface area contributed by atoms with Gasteiger partial charge in [-0.05, 0) is 36.9 Å². The lowest BCUT2D eigenvalue weighted by Crippen LogP contribution is -2.44. The van der Waals surface area contributed by atoms with Crippen molar-refractivity contribution < 1.29 is 4.39 Å². The minimum Gasteiger partial charge on any atom is -0.394 e. The number of halogens is 2. The summed E-state index contributed by atoms with van der Waals surface area (Å²) in [5.74, 6) is -0.391. The van der Waals surface area contributed by atoms with Gasteiger partial charge in [0.15, 0.2) is 0 Å². The van der Waals surface area contributed by atoms with Gasteiger partial charge in [0.05, 0.1) is 22.3 Å². The Kier molecular flexibility index (Phi) is 5.00. The topological polar surface area (TPSA) is 54.5 Å². The number of nitrogen functional groups attached to an aromatic ring is 1. The summed E-state index contributed by atoms with van der Waals surface area (Å²) in [5, 5.41) is 0.955. The Bertz CT molecular complexity index is 1070. The molecule has 1 fully saturated rings. The zero-order valence-electron chi connectivity index (χ0n) is 15.7. The predicted molar refractivity (Wildman–Crippen MR) is 113 cm³/mol. The van der Waals surface area contributed by atoms with Gasteiger partial charge < -0.3 is 20.1 Å². The van der Waals surface area contributed by atoms with Crippen molar-refractivity contribution in [2.75, 3.05) is 43.9 Å². The molecule has 0 saturated carbocycles. The summed E-state index contributed by atoms with van der Waals surface area (Å²) in [4.78, 5) is 16.8. The zero-order chi connectivity index (χ0) is 19.8. The quantitative estimate of drug-likeness (QED) is 0.733. The Morgan fingerprint density at radius 3 is 2.46 bits per heavy atom. The molecule has 1 aliphatic rings. The SMILES string of the molecule is CN1CCN(c2cc3c(cc2F)c(=O)c(N)cn3Cc2ccc(Cl)cc2)CC1. The third-order valence-electron chi connectivity index (χ3n) is 5.29. The average Bonchev–Trinajstić information content (AvgIpc) is 2.68. The van der Waals surface area contributed by atoms with E-state index >= 15 is 0 Å². The monoisotopic (exact) mass is 400 g/mol. The second-order valence-electron chi connectivity index (χ2n) is 7.28. The molecular weight excluding hydrogens is 379 g/mol. The number of hydrogen-bond acceptors (Lipinski definition) is 4. The Hall–Kier alpha value is -2.57. The summed E-state index contributed by atoms with van der Waals surface area (Å²) in [7, 11) is 2.06. The highest BCUT2D eigenvalue weighted by Crippen LogP contribution is 2.27. The van der Waals surface area contributed by atoms with Crippen molar-refractivity contribution in [2.24, 2.45) is 0 Å². The number of nitrogens with zero attached hydrogens (tertiary/aromatic N) is 3. The van der Waals surface area contributed by atoms with E-state index in [1.54, 1.807) is 12.3 Å². The first-order valence-electron chi connectivity index (χ1n) is 9.22. The Balaban J connectivity index is 1.82. The summed E-state index contributed by atoms with van der Waals surface area (Å²) in [6.45, 7) is 3.74. The summed E-state index contributed by atoms with van der Waals surface area (Å²) in [6.07, 6.45) is 1.63. The van der Waals surface area contributed by atoms with Crippen LogP contribution in [0.4, 0.5) is 15.8 Å². The molecule has 0 atom stereocenters. The van der Waals surface area contributed by atoms with Crippen LogP contribution in [0.15, 0.2) is 47.4 Å². The summed E-state index contributed by atoms with van der Waals surface area (Å²) < 4.78 is 16.8.